The van der Waals surface area contributed by atoms with Crippen LogP contribution in [0.5, 0.6) is 5.75 Å². The zero-order valence-corrected chi connectivity index (χ0v) is 17.3. The van der Waals surface area contributed by atoms with Gasteiger partial charge in [-0.2, -0.15) is 0 Å². The van der Waals surface area contributed by atoms with E-state index in [1.54, 1.807) is 19.1 Å². The Morgan fingerprint density at radius 2 is 2.00 bits per heavy atom. The van der Waals surface area contributed by atoms with Crippen LogP contribution >= 0.6 is 11.3 Å². The van der Waals surface area contributed by atoms with Gasteiger partial charge in [-0.05, 0) is 38.0 Å². The van der Waals surface area contributed by atoms with Crippen molar-refractivity contribution in [1.82, 2.24) is 14.9 Å². The minimum absolute atomic E-state index is 0.143. The maximum absolute atomic E-state index is 12.7. The zero-order valence-electron chi connectivity index (χ0n) is 16.4. The molecule has 0 fully saturated rings. The molecule has 2 aromatic heterocycles. The fourth-order valence-electron chi connectivity index (χ4n) is 3.25. The van der Waals surface area contributed by atoms with Gasteiger partial charge in [-0.3, -0.25) is 9.59 Å². The van der Waals surface area contributed by atoms with Crippen LogP contribution in [0.4, 0.5) is 0 Å². The average Bonchev–Trinajstić information content (AvgIpc) is 3.01. The van der Waals surface area contributed by atoms with Crippen LogP contribution in [0.15, 0.2) is 23.0 Å². The number of carbonyl (C=O) groups excluding carboxylic acids is 1. The number of pyridine rings is 1. The summed E-state index contributed by atoms with van der Waals surface area (Å²) in [6.45, 7) is 5.39. The van der Waals surface area contributed by atoms with Gasteiger partial charge in [0.25, 0.3) is 11.5 Å². The maximum atomic E-state index is 12.7. The lowest BCUT2D eigenvalue weighted by Crippen LogP contribution is -2.42. The van der Waals surface area contributed by atoms with Gasteiger partial charge in [0.1, 0.15) is 17.4 Å². The topological polar surface area (TPSA) is 122 Å². The van der Waals surface area contributed by atoms with Crippen molar-refractivity contribution in [2.75, 3.05) is 0 Å². The molecule has 0 aliphatic carbocycles. The third kappa shape index (κ3) is 3.61. The number of aromatic hydroxyl groups is 1. The van der Waals surface area contributed by atoms with Crippen molar-refractivity contribution >= 4 is 34.1 Å². The van der Waals surface area contributed by atoms with Gasteiger partial charge >= 0.3 is 5.97 Å². The number of amides is 1. The molecule has 0 radical (unpaired) electrons. The Morgan fingerprint density at radius 1 is 1.31 bits per heavy atom. The van der Waals surface area contributed by atoms with E-state index in [0.29, 0.717) is 10.9 Å². The lowest BCUT2D eigenvalue weighted by atomic mass is 10.0. The van der Waals surface area contributed by atoms with Crippen molar-refractivity contribution < 1.29 is 19.8 Å². The lowest BCUT2D eigenvalue weighted by molar-refractivity contribution is -0.139. The van der Waals surface area contributed by atoms with Crippen molar-refractivity contribution in [3.63, 3.8) is 0 Å². The van der Waals surface area contributed by atoms with E-state index in [0.717, 1.165) is 21.1 Å². The number of aromatic nitrogens is 2. The van der Waals surface area contributed by atoms with Crippen molar-refractivity contribution in [3.05, 3.63) is 44.8 Å². The first-order valence-electron chi connectivity index (χ1n) is 8.99. The summed E-state index contributed by atoms with van der Waals surface area (Å²) >= 11 is 1.51. The van der Waals surface area contributed by atoms with E-state index < -0.39 is 34.8 Å². The number of nitrogens with zero attached hydrogens (tertiary/aromatic N) is 2. The third-order valence-electron chi connectivity index (χ3n) is 4.77. The van der Waals surface area contributed by atoms with Crippen LogP contribution in [0.25, 0.3) is 21.3 Å². The molecule has 3 N–H and O–H groups in total. The molecular weight excluding hydrogens is 394 g/mol. The van der Waals surface area contributed by atoms with Crippen LogP contribution in [0.2, 0.25) is 0 Å². The summed E-state index contributed by atoms with van der Waals surface area (Å²) in [6, 6.07) is 4.08. The second kappa shape index (κ2) is 7.67. The number of hydrogen-bond donors (Lipinski definition) is 3. The fourth-order valence-corrected chi connectivity index (χ4v) is 4.16. The van der Waals surface area contributed by atoms with Gasteiger partial charge in [0.05, 0.1) is 21.1 Å². The Labute approximate surface area is 170 Å². The Hall–Kier alpha value is -3.20. The highest BCUT2D eigenvalue weighted by atomic mass is 32.1. The molecule has 29 heavy (non-hydrogen) atoms. The van der Waals surface area contributed by atoms with Crippen LogP contribution in [-0.4, -0.2) is 37.7 Å². The van der Waals surface area contributed by atoms with Gasteiger partial charge in [-0.1, -0.05) is 13.0 Å². The van der Waals surface area contributed by atoms with E-state index in [4.69, 9.17) is 5.11 Å². The molecule has 2 heterocycles. The molecule has 3 rings (SSSR count). The molecule has 0 saturated heterocycles. The zero-order chi connectivity index (χ0) is 21.5. The molecule has 1 aromatic carbocycles. The number of benzene rings is 1. The Morgan fingerprint density at radius 3 is 2.55 bits per heavy atom. The second-order valence-corrected chi connectivity index (χ2v) is 7.94. The predicted octanol–water partition coefficient (Wildman–Crippen LogP) is 2.58. The predicted molar refractivity (Wildman–Crippen MR) is 111 cm³/mol. The molecule has 1 atom stereocenters. The number of carboxylic acids is 1. The first-order valence-corrected chi connectivity index (χ1v) is 9.81. The van der Waals surface area contributed by atoms with E-state index in [-0.39, 0.29) is 6.42 Å². The van der Waals surface area contributed by atoms with Crippen LogP contribution in [0.1, 0.15) is 34.4 Å². The molecule has 0 aliphatic rings. The molecule has 1 amide bonds. The highest BCUT2D eigenvalue weighted by Crippen LogP contribution is 2.34. The number of thiazole rings is 1. The van der Waals surface area contributed by atoms with Crippen LogP contribution in [-0.2, 0) is 11.8 Å². The number of carboxylic acid groups (broad SMARTS) is 1. The van der Waals surface area contributed by atoms with E-state index in [2.05, 4.69) is 10.3 Å². The number of nitrogens with one attached hydrogen (secondary N) is 1. The number of aryl methyl sites for hydroxylation is 3. The molecule has 152 valence electrons. The summed E-state index contributed by atoms with van der Waals surface area (Å²) in [4.78, 5) is 41.9. The number of aliphatic carboxylic acids is 1. The Kier molecular flexibility index (Phi) is 5.43. The maximum Gasteiger partial charge on any atom is 0.326 e. The standard InChI is InChI=1S/C20H21N3O5S/c1-5-13(20(27)28)22-18(25)15-16(24)12-8-11(17-9(2)21-10(3)29-17)6-7-14(12)23(4)19(15)26/h6-8,13,24H,5H2,1-4H3,(H,22,25)(H,27,28). The minimum atomic E-state index is -1.21. The summed E-state index contributed by atoms with van der Waals surface area (Å²) in [6.07, 6.45) is 0.143. The summed E-state index contributed by atoms with van der Waals surface area (Å²) in [5.41, 5.74) is 0.926. The minimum Gasteiger partial charge on any atom is -0.506 e. The Balaban J connectivity index is 2.19. The largest absolute Gasteiger partial charge is 0.506 e. The molecule has 0 aliphatic heterocycles. The molecule has 9 heteroatoms. The van der Waals surface area contributed by atoms with E-state index in [1.165, 1.54) is 23.0 Å². The van der Waals surface area contributed by atoms with Gasteiger partial charge in [0.2, 0.25) is 0 Å². The Bertz CT molecular complexity index is 1200. The summed E-state index contributed by atoms with van der Waals surface area (Å²) < 4.78 is 1.26. The highest BCUT2D eigenvalue weighted by Gasteiger charge is 2.25. The monoisotopic (exact) mass is 415 g/mol. The van der Waals surface area contributed by atoms with E-state index >= 15 is 0 Å². The van der Waals surface area contributed by atoms with Gasteiger partial charge < -0.3 is 20.1 Å². The van der Waals surface area contributed by atoms with E-state index in [9.17, 15) is 19.5 Å². The highest BCUT2D eigenvalue weighted by molar-refractivity contribution is 7.15. The van der Waals surface area contributed by atoms with Gasteiger partial charge in [0.15, 0.2) is 0 Å². The van der Waals surface area contributed by atoms with Crippen LogP contribution in [0, 0.1) is 13.8 Å². The fraction of sp³-hybridized carbons (Fsp3) is 0.300. The molecule has 0 saturated carbocycles. The summed E-state index contributed by atoms with van der Waals surface area (Å²) in [5, 5.41) is 23.4. The normalized spacial score (nSPS) is 12.1. The lowest BCUT2D eigenvalue weighted by Gasteiger charge is -2.15. The van der Waals surface area contributed by atoms with Crippen LogP contribution < -0.4 is 10.9 Å². The molecule has 0 spiro atoms. The number of fused-ring (bicyclic) bond motifs is 1. The molecule has 8 nitrogen and oxygen atoms in total. The number of rotatable bonds is 5. The molecular formula is C20H21N3O5S. The molecule has 1 unspecified atom stereocenters. The first kappa shape index (κ1) is 20.5. The number of hydrogen-bond acceptors (Lipinski definition) is 6. The van der Waals surface area contributed by atoms with Gasteiger partial charge in [-0.15, -0.1) is 11.3 Å². The molecule has 0 bridgehead atoms. The van der Waals surface area contributed by atoms with Crippen molar-refractivity contribution in [2.45, 2.75) is 33.2 Å². The van der Waals surface area contributed by atoms with Crippen LogP contribution in [0.3, 0.4) is 0 Å². The van der Waals surface area contributed by atoms with E-state index in [1.807, 2.05) is 19.9 Å². The van der Waals surface area contributed by atoms with Gasteiger partial charge in [-0.25, -0.2) is 9.78 Å². The SMILES string of the molecule is CCC(NC(=O)c1c(O)c2cc(-c3sc(C)nc3C)ccc2n(C)c1=O)C(=O)O. The average molecular weight is 415 g/mol. The van der Waals surface area contributed by atoms with Gasteiger partial charge in [0, 0.05) is 12.4 Å². The third-order valence-corrected chi connectivity index (χ3v) is 5.89. The van der Waals surface area contributed by atoms with Crippen molar-refractivity contribution in [2.24, 2.45) is 7.05 Å². The summed E-state index contributed by atoms with van der Waals surface area (Å²) in [5.74, 6) is -2.60. The summed E-state index contributed by atoms with van der Waals surface area (Å²) in [7, 11) is 1.50. The smallest absolute Gasteiger partial charge is 0.326 e. The number of carbonyl (C=O) groups is 2. The second-order valence-electron chi connectivity index (χ2n) is 6.74. The van der Waals surface area contributed by atoms with Crippen molar-refractivity contribution in [3.8, 4) is 16.2 Å². The first-order chi connectivity index (χ1) is 13.6. The molecule has 3 aromatic rings. The quantitative estimate of drug-likeness (QED) is 0.589. The van der Waals surface area contributed by atoms with Crippen molar-refractivity contribution in [1.29, 1.82) is 0 Å².